The predicted octanol–water partition coefficient (Wildman–Crippen LogP) is 3.88. The molecule has 0 radical (unpaired) electrons. The van der Waals surface area contributed by atoms with Crippen LogP contribution in [0.3, 0.4) is 0 Å². The van der Waals surface area contributed by atoms with Crippen LogP contribution in [0.25, 0.3) is 11.4 Å². The Balaban J connectivity index is 1.56. The van der Waals surface area contributed by atoms with E-state index in [1.807, 2.05) is 48.5 Å². The zero-order valence-electron chi connectivity index (χ0n) is 12.9. The number of nitrogens with zero attached hydrogens (tertiary/aromatic N) is 2. The fourth-order valence-electron chi connectivity index (χ4n) is 2.28. The van der Waals surface area contributed by atoms with Gasteiger partial charge in [-0.3, -0.25) is 4.79 Å². The molecule has 24 heavy (non-hydrogen) atoms. The van der Waals surface area contributed by atoms with Crippen LogP contribution in [0.2, 0.25) is 0 Å². The van der Waals surface area contributed by atoms with E-state index in [9.17, 15) is 4.79 Å². The Hall–Kier alpha value is -2.53. The Morgan fingerprint density at radius 1 is 0.958 bits per heavy atom. The summed E-state index contributed by atoms with van der Waals surface area (Å²) < 4.78 is 0.790. The summed E-state index contributed by atoms with van der Waals surface area (Å²) >= 11 is 3.38. The number of carbonyl (C=O) groups excluding carboxylic acids is 1. The normalized spacial score (nSPS) is 10.4. The summed E-state index contributed by atoms with van der Waals surface area (Å²) in [4.78, 5) is 20.9. The van der Waals surface area contributed by atoms with Gasteiger partial charge in [-0.25, -0.2) is 9.97 Å². The van der Waals surface area contributed by atoms with E-state index in [2.05, 4.69) is 31.2 Å². The molecule has 0 spiro atoms. The van der Waals surface area contributed by atoms with Gasteiger partial charge in [0, 0.05) is 29.0 Å². The van der Waals surface area contributed by atoms with Crippen molar-refractivity contribution in [3.63, 3.8) is 0 Å². The molecule has 2 aromatic carbocycles. The van der Waals surface area contributed by atoms with Crippen LogP contribution in [0.4, 0.5) is 0 Å². The smallest absolute Gasteiger partial charge is 0.252 e. The lowest BCUT2D eigenvalue weighted by Crippen LogP contribution is -2.26. The van der Waals surface area contributed by atoms with Crippen LogP contribution < -0.4 is 5.32 Å². The van der Waals surface area contributed by atoms with Crippen LogP contribution in [0.1, 0.15) is 15.9 Å². The summed E-state index contributed by atoms with van der Waals surface area (Å²) in [7, 11) is 0. The molecule has 0 atom stereocenters. The second-order valence-corrected chi connectivity index (χ2v) is 6.12. The second-order valence-electron chi connectivity index (χ2n) is 5.27. The first-order valence-corrected chi connectivity index (χ1v) is 8.42. The maximum atomic E-state index is 12.1. The molecular weight excluding hydrogens is 366 g/mol. The number of hydrogen-bond acceptors (Lipinski definition) is 3. The summed E-state index contributed by atoms with van der Waals surface area (Å²) in [5.74, 6) is 0.612. The SMILES string of the molecule is O=C(NCCc1cnc(-c2ccccc2)nc1)c1ccccc1Br. The molecule has 3 aromatic rings. The lowest BCUT2D eigenvalue weighted by Gasteiger charge is -2.07. The predicted molar refractivity (Wildman–Crippen MR) is 97.6 cm³/mol. The Kier molecular flexibility index (Phi) is 5.33. The van der Waals surface area contributed by atoms with Gasteiger partial charge in [0.1, 0.15) is 0 Å². The quantitative estimate of drug-likeness (QED) is 0.729. The first-order chi connectivity index (χ1) is 11.7. The number of hydrogen-bond donors (Lipinski definition) is 1. The number of aromatic nitrogens is 2. The van der Waals surface area contributed by atoms with Crippen molar-refractivity contribution >= 4 is 21.8 Å². The fraction of sp³-hybridized carbons (Fsp3) is 0.105. The lowest BCUT2D eigenvalue weighted by atomic mass is 10.2. The van der Waals surface area contributed by atoms with Gasteiger partial charge < -0.3 is 5.32 Å². The third-order valence-electron chi connectivity index (χ3n) is 3.56. The lowest BCUT2D eigenvalue weighted by molar-refractivity contribution is 0.0953. The molecule has 1 aromatic heterocycles. The van der Waals surface area contributed by atoms with Crippen LogP contribution in [0, 0.1) is 0 Å². The Morgan fingerprint density at radius 2 is 1.62 bits per heavy atom. The van der Waals surface area contributed by atoms with Gasteiger partial charge in [0.15, 0.2) is 5.82 Å². The van der Waals surface area contributed by atoms with Crippen molar-refractivity contribution in [3.8, 4) is 11.4 Å². The van der Waals surface area contributed by atoms with Crippen molar-refractivity contribution in [2.45, 2.75) is 6.42 Å². The maximum Gasteiger partial charge on any atom is 0.252 e. The van der Waals surface area contributed by atoms with Crippen molar-refractivity contribution in [2.24, 2.45) is 0 Å². The monoisotopic (exact) mass is 381 g/mol. The van der Waals surface area contributed by atoms with Crippen molar-refractivity contribution in [1.82, 2.24) is 15.3 Å². The molecule has 0 aliphatic carbocycles. The van der Waals surface area contributed by atoms with Crippen LogP contribution in [0.5, 0.6) is 0 Å². The highest BCUT2D eigenvalue weighted by atomic mass is 79.9. The van der Waals surface area contributed by atoms with Gasteiger partial charge in [0.25, 0.3) is 5.91 Å². The molecule has 0 saturated carbocycles. The average molecular weight is 382 g/mol. The van der Waals surface area contributed by atoms with E-state index in [-0.39, 0.29) is 5.91 Å². The molecule has 0 fully saturated rings. The van der Waals surface area contributed by atoms with E-state index in [1.54, 1.807) is 18.5 Å². The minimum atomic E-state index is -0.0932. The summed E-state index contributed by atoms with van der Waals surface area (Å²) in [5, 5.41) is 2.91. The molecule has 4 nitrogen and oxygen atoms in total. The van der Waals surface area contributed by atoms with Crippen LogP contribution in [-0.2, 0) is 6.42 Å². The van der Waals surface area contributed by atoms with Gasteiger partial charge in [-0.2, -0.15) is 0 Å². The number of rotatable bonds is 5. The van der Waals surface area contributed by atoms with Gasteiger partial charge in [0.2, 0.25) is 0 Å². The molecule has 3 rings (SSSR count). The first kappa shape index (κ1) is 16.3. The second kappa shape index (κ2) is 7.84. The number of halogens is 1. The molecule has 1 heterocycles. The first-order valence-electron chi connectivity index (χ1n) is 7.63. The molecule has 0 bridgehead atoms. The number of amides is 1. The Bertz CT molecular complexity index is 820. The van der Waals surface area contributed by atoms with Gasteiger partial charge in [-0.05, 0) is 40.0 Å². The number of benzene rings is 2. The van der Waals surface area contributed by atoms with Gasteiger partial charge >= 0.3 is 0 Å². The topological polar surface area (TPSA) is 54.9 Å². The third-order valence-corrected chi connectivity index (χ3v) is 4.25. The molecule has 0 aliphatic heterocycles. The molecule has 0 saturated heterocycles. The maximum absolute atomic E-state index is 12.1. The minimum Gasteiger partial charge on any atom is -0.352 e. The molecule has 0 aliphatic rings. The van der Waals surface area contributed by atoms with Gasteiger partial charge in [-0.1, -0.05) is 42.5 Å². The zero-order chi connectivity index (χ0) is 16.8. The highest BCUT2D eigenvalue weighted by molar-refractivity contribution is 9.10. The molecule has 120 valence electrons. The Morgan fingerprint density at radius 3 is 2.33 bits per heavy atom. The van der Waals surface area contributed by atoms with E-state index >= 15 is 0 Å². The third kappa shape index (κ3) is 4.06. The van der Waals surface area contributed by atoms with Crippen molar-refractivity contribution < 1.29 is 4.79 Å². The number of nitrogens with one attached hydrogen (secondary N) is 1. The van der Waals surface area contributed by atoms with Gasteiger partial charge in [0.05, 0.1) is 5.56 Å². The van der Waals surface area contributed by atoms with Crippen molar-refractivity contribution in [2.75, 3.05) is 6.54 Å². The largest absolute Gasteiger partial charge is 0.352 e. The molecule has 0 unspecified atom stereocenters. The molecule has 1 N–H and O–H groups in total. The average Bonchev–Trinajstić information content (AvgIpc) is 2.63. The molecule has 1 amide bonds. The summed E-state index contributed by atoms with van der Waals surface area (Å²) in [6.45, 7) is 0.536. The summed E-state index contributed by atoms with van der Waals surface area (Å²) in [6.07, 6.45) is 4.30. The van der Waals surface area contributed by atoms with Gasteiger partial charge in [-0.15, -0.1) is 0 Å². The van der Waals surface area contributed by atoms with Crippen molar-refractivity contribution in [1.29, 1.82) is 0 Å². The van der Waals surface area contributed by atoms with Crippen LogP contribution in [0.15, 0.2) is 71.5 Å². The van der Waals surface area contributed by atoms with Crippen LogP contribution in [-0.4, -0.2) is 22.4 Å². The van der Waals surface area contributed by atoms with E-state index in [4.69, 9.17) is 0 Å². The van der Waals surface area contributed by atoms with Crippen molar-refractivity contribution in [3.05, 3.63) is 82.6 Å². The highest BCUT2D eigenvalue weighted by Crippen LogP contribution is 2.15. The fourth-order valence-corrected chi connectivity index (χ4v) is 2.75. The van der Waals surface area contributed by atoms with E-state index in [0.717, 1.165) is 15.6 Å². The molecular formula is C19H16BrN3O. The highest BCUT2D eigenvalue weighted by Gasteiger charge is 2.08. The minimum absolute atomic E-state index is 0.0932. The Labute approximate surface area is 149 Å². The summed E-state index contributed by atoms with van der Waals surface area (Å²) in [6, 6.07) is 17.2. The standard InChI is InChI=1S/C19H16BrN3O/c20-17-9-5-4-8-16(17)19(24)21-11-10-14-12-22-18(23-13-14)15-6-2-1-3-7-15/h1-9,12-13H,10-11H2,(H,21,24). The van der Waals surface area contributed by atoms with Crippen LogP contribution >= 0.6 is 15.9 Å². The van der Waals surface area contributed by atoms with E-state index in [0.29, 0.717) is 24.4 Å². The molecule has 5 heteroatoms. The summed E-state index contributed by atoms with van der Waals surface area (Å²) in [5.41, 5.74) is 2.61. The zero-order valence-corrected chi connectivity index (χ0v) is 14.5. The van der Waals surface area contributed by atoms with E-state index < -0.39 is 0 Å². The number of carbonyl (C=O) groups is 1. The van der Waals surface area contributed by atoms with E-state index in [1.165, 1.54) is 0 Å².